The first kappa shape index (κ1) is 51.7. The molecule has 55 heavy (non-hydrogen) atoms. The zero-order valence-electron chi connectivity index (χ0n) is 34.0. The number of ether oxygens (including phenoxy) is 2. The van der Waals surface area contributed by atoms with E-state index in [-0.39, 0.29) is 75.3 Å². The average Bonchev–Trinajstić information content (AvgIpc) is 3.10. The molecule has 0 aliphatic rings. The molecular weight excluding hydrogens is 780 g/mol. The summed E-state index contributed by atoms with van der Waals surface area (Å²) in [6, 6.07) is 38.9. The Morgan fingerprint density at radius 3 is 1.24 bits per heavy atom. The van der Waals surface area contributed by atoms with Crippen molar-refractivity contribution in [2.24, 2.45) is 9.98 Å². The Hall–Kier alpha value is -3.28. The van der Waals surface area contributed by atoms with Crippen molar-refractivity contribution in [3.63, 3.8) is 0 Å². The van der Waals surface area contributed by atoms with Gasteiger partial charge in [-0.2, -0.15) is 0 Å². The molecule has 0 aromatic heterocycles. The van der Waals surface area contributed by atoms with Crippen LogP contribution < -0.4 is 51.4 Å². The second-order valence-electron chi connectivity index (χ2n) is 14.5. The van der Waals surface area contributed by atoms with Crippen LogP contribution >= 0.6 is 15.9 Å². The first-order valence-electron chi connectivity index (χ1n) is 17.6. The third-order valence-electron chi connectivity index (χ3n) is 6.71. The smallest absolute Gasteiger partial charge is 0.870 e. The zero-order chi connectivity index (χ0) is 39.4. The molecule has 4 rings (SSSR count). The number of carbonyl (C=O) groups excluding carboxylic acids is 2. The minimum atomic E-state index is -0.623. The van der Waals surface area contributed by atoms with E-state index in [1.807, 2.05) is 177 Å². The van der Waals surface area contributed by atoms with Crippen LogP contribution in [0, 0.1) is 0 Å². The summed E-state index contributed by atoms with van der Waals surface area (Å²) in [6.45, 7) is 22.6. The summed E-state index contributed by atoms with van der Waals surface area (Å²) >= 11 is 3.21. The maximum absolute atomic E-state index is 12.7. The van der Waals surface area contributed by atoms with E-state index in [1.165, 1.54) is 5.57 Å². The third kappa shape index (κ3) is 22.1. The van der Waals surface area contributed by atoms with Gasteiger partial charge in [-0.25, -0.2) is 4.79 Å². The molecular formula is C46H56BrKN2O5. The fourth-order valence-corrected chi connectivity index (χ4v) is 4.60. The molecule has 0 aliphatic heterocycles. The van der Waals surface area contributed by atoms with Crippen molar-refractivity contribution in [2.45, 2.75) is 79.1 Å². The Kier molecular flexibility index (Phi) is 25.0. The van der Waals surface area contributed by atoms with Gasteiger partial charge in [-0.05, 0) is 55.4 Å². The second-order valence-corrected chi connectivity index (χ2v) is 15.1. The van der Waals surface area contributed by atoms with Gasteiger partial charge in [-0.15, -0.1) is 6.58 Å². The van der Waals surface area contributed by atoms with Gasteiger partial charge in [0.05, 0.1) is 11.4 Å². The molecule has 4 aromatic rings. The maximum atomic E-state index is 12.7. The molecule has 0 saturated carbocycles. The normalized spacial score (nSPS) is 10.8. The summed E-state index contributed by atoms with van der Waals surface area (Å²) in [4.78, 5) is 33.9. The van der Waals surface area contributed by atoms with Gasteiger partial charge < -0.3 is 14.9 Å². The Bertz CT molecular complexity index is 1720. The molecule has 0 heterocycles. The Morgan fingerprint density at radius 2 is 0.945 bits per heavy atom. The van der Waals surface area contributed by atoms with Crippen LogP contribution in [0.3, 0.4) is 0 Å². The van der Waals surface area contributed by atoms with Gasteiger partial charge >= 0.3 is 63.3 Å². The van der Waals surface area contributed by atoms with E-state index in [9.17, 15) is 9.59 Å². The number of esters is 2. The fourth-order valence-electron chi connectivity index (χ4n) is 4.60. The van der Waals surface area contributed by atoms with E-state index in [1.54, 1.807) is 0 Å². The summed E-state index contributed by atoms with van der Waals surface area (Å²) in [5.74, 6) is -0.651. The van der Waals surface area contributed by atoms with Crippen molar-refractivity contribution in [1.82, 2.24) is 0 Å². The zero-order valence-corrected chi connectivity index (χ0v) is 38.7. The van der Waals surface area contributed by atoms with Crippen molar-refractivity contribution in [3.05, 3.63) is 168 Å². The van der Waals surface area contributed by atoms with E-state index in [0.29, 0.717) is 6.42 Å². The SMILES string of the molecule is C=C(C)CBr.C=C(C)C[C@H](N=C(c1ccccc1)c1ccccc1)C(=O)OC(C)(C)C.CC(C)(C)OC(=O)CN=C(c1ccccc1)c1ccccc1.[K+].[OH-]. The molecule has 0 saturated heterocycles. The van der Waals surface area contributed by atoms with Crippen molar-refractivity contribution in [2.75, 3.05) is 11.9 Å². The minimum absolute atomic E-state index is 0. The molecule has 0 unspecified atom stereocenters. The minimum Gasteiger partial charge on any atom is -0.870 e. The molecule has 0 radical (unpaired) electrons. The third-order valence-corrected chi connectivity index (χ3v) is 7.67. The number of hydrogen-bond acceptors (Lipinski definition) is 7. The van der Waals surface area contributed by atoms with Gasteiger partial charge in [0.2, 0.25) is 0 Å². The summed E-state index contributed by atoms with van der Waals surface area (Å²) in [5, 5.41) is 0.924. The first-order chi connectivity index (χ1) is 25.0. The van der Waals surface area contributed by atoms with Gasteiger partial charge in [-0.3, -0.25) is 14.8 Å². The van der Waals surface area contributed by atoms with E-state index in [2.05, 4.69) is 34.1 Å². The molecule has 0 fully saturated rings. The quantitative estimate of drug-likeness (QED) is 0.0503. The number of carbonyl (C=O) groups is 2. The summed E-state index contributed by atoms with van der Waals surface area (Å²) in [6.07, 6.45) is 0.456. The standard InChI is InChI=1S/C23H27NO2.C19H21NO2.C4H7Br.K.H2O/c1-17(2)16-20(22(25)26-23(3,4)5)24-21(18-12-8-6-9-13-18)19-14-10-7-11-15-19;1-19(2,3)22-17(21)14-20-18(15-10-6-4-7-11-15)16-12-8-5-9-13-16;1-4(2)3-5;;/h6-15,20H,1,16H2,2-5H3;4-13H,14H2,1-3H3;1,3H2,2H3;;1H2/q;;;+1;/p-1/t20-;;;;/m0..../s1. The molecule has 0 aliphatic carbocycles. The Labute approximate surface area is 380 Å². The van der Waals surface area contributed by atoms with Crippen LogP contribution in [0.15, 0.2) is 156 Å². The summed E-state index contributed by atoms with van der Waals surface area (Å²) in [5.41, 5.74) is 6.49. The van der Waals surface area contributed by atoms with E-state index in [0.717, 1.165) is 44.6 Å². The Balaban J connectivity index is 0.000000922. The monoisotopic (exact) mass is 834 g/mol. The van der Waals surface area contributed by atoms with Crippen molar-refractivity contribution in [3.8, 4) is 0 Å². The summed E-state index contributed by atoms with van der Waals surface area (Å²) < 4.78 is 10.9. The van der Waals surface area contributed by atoms with Crippen LogP contribution in [0.25, 0.3) is 0 Å². The first-order valence-corrected chi connectivity index (χ1v) is 18.7. The fraction of sp³-hybridized carbons (Fsp3) is 0.304. The van der Waals surface area contributed by atoms with Crippen molar-refractivity contribution >= 4 is 39.3 Å². The molecule has 1 N–H and O–H groups in total. The molecule has 0 bridgehead atoms. The van der Waals surface area contributed by atoms with E-state index < -0.39 is 17.2 Å². The molecule has 0 amide bonds. The predicted octanol–water partition coefficient (Wildman–Crippen LogP) is 7.85. The average molecular weight is 836 g/mol. The Morgan fingerprint density at radius 1 is 0.618 bits per heavy atom. The number of allylic oxidation sites excluding steroid dienone is 1. The molecule has 0 spiro atoms. The number of alkyl halides is 1. The van der Waals surface area contributed by atoms with E-state index >= 15 is 0 Å². The van der Waals surface area contributed by atoms with Crippen LogP contribution in [0.1, 0.15) is 84.1 Å². The van der Waals surface area contributed by atoms with Gasteiger partial charge in [0, 0.05) is 34.0 Å². The largest absolute Gasteiger partial charge is 1.00 e. The van der Waals surface area contributed by atoms with Crippen LogP contribution in [-0.2, 0) is 19.1 Å². The second kappa shape index (κ2) is 26.5. The number of rotatable bonds is 11. The van der Waals surface area contributed by atoms with Crippen LogP contribution in [0.2, 0.25) is 0 Å². The molecule has 9 heteroatoms. The van der Waals surface area contributed by atoms with Crippen LogP contribution in [-0.4, -0.2) is 58.0 Å². The van der Waals surface area contributed by atoms with Crippen LogP contribution in [0.4, 0.5) is 0 Å². The molecule has 288 valence electrons. The topological polar surface area (TPSA) is 107 Å². The van der Waals surface area contributed by atoms with Gasteiger partial charge in [-0.1, -0.05) is 155 Å². The van der Waals surface area contributed by atoms with Gasteiger partial charge in [0.15, 0.2) is 6.04 Å². The maximum Gasteiger partial charge on any atom is 1.00 e. The summed E-state index contributed by atoms with van der Waals surface area (Å²) in [7, 11) is 0. The number of aliphatic imine (C=N–C) groups is 2. The predicted molar refractivity (Wildman–Crippen MR) is 227 cm³/mol. The number of halogens is 1. The molecule has 4 aromatic carbocycles. The van der Waals surface area contributed by atoms with Gasteiger partial charge in [0.25, 0.3) is 0 Å². The molecule has 7 nitrogen and oxygen atoms in total. The van der Waals surface area contributed by atoms with Crippen molar-refractivity contribution in [1.29, 1.82) is 0 Å². The van der Waals surface area contributed by atoms with Crippen molar-refractivity contribution < 1.29 is 75.9 Å². The van der Waals surface area contributed by atoms with Crippen LogP contribution in [0.5, 0.6) is 0 Å². The molecule has 1 atom stereocenters. The van der Waals surface area contributed by atoms with Gasteiger partial charge in [0.1, 0.15) is 17.7 Å². The van der Waals surface area contributed by atoms with E-state index in [4.69, 9.17) is 14.5 Å². The number of hydrogen-bond donors (Lipinski definition) is 0. The number of nitrogens with zero attached hydrogens (tertiary/aromatic N) is 2. The number of benzene rings is 4.